The lowest BCUT2D eigenvalue weighted by atomic mass is 9.54. The van der Waals surface area contributed by atoms with Crippen LogP contribution in [0.4, 0.5) is 4.39 Å². The molecule has 158 valence electrons. The Bertz CT molecular complexity index is 953. The number of aromatic hydroxyl groups is 1. The van der Waals surface area contributed by atoms with Crippen LogP contribution >= 0.6 is 0 Å². The summed E-state index contributed by atoms with van der Waals surface area (Å²) < 4.78 is 14.5. The number of benzene rings is 2. The number of alkyl halides is 1. The molecule has 0 heterocycles. The topological polar surface area (TPSA) is 37.3 Å². The molecule has 0 radical (unpaired) electrons. The van der Waals surface area contributed by atoms with Gasteiger partial charge in [0, 0.05) is 5.41 Å². The summed E-state index contributed by atoms with van der Waals surface area (Å²) in [5.74, 6) is 1.25. The van der Waals surface area contributed by atoms with Crippen LogP contribution in [0.5, 0.6) is 5.75 Å². The van der Waals surface area contributed by atoms with Crippen molar-refractivity contribution in [2.24, 2.45) is 17.3 Å². The molecule has 2 nitrogen and oxygen atoms in total. The molecule has 2 aromatic rings. The Labute approximate surface area is 178 Å². The first-order chi connectivity index (χ1) is 14.5. The number of hydrogen-bond donors (Lipinski definition) is 1. The number of rotatable bonds is 4. The standard InChI is InChI=1S/C27H31FO2/c1-2-27-13-12-20-21(23(27)16-24(28)26(27)30)11-10-18-15-25(29)19(14-22(18)20)9-8-17-6-4-3-5-7-17/h3-7,14-15,20-21,23-24,29H,2,8-13,16H2,1H3/t20?,21?,23?,24-,27-/m0/s1. The van der Waals surface area contributed by atoms with E-state index in [1.54, 1.807) is 0 Å². The van der Waals surface area contributed by atoms with Gasteiger partial charge in [0.15, 0.2) is 12.0 Å². The molecule has 3 unspecified atom stereocenters. The van der Waals surface area contributed by atoms with Crippen LogP contribution in [0, 0.1) is 17.3 Å². The maximum atomic E-state index is 14.5. The second-order valence-corrected chi connectivity index (χ2v) is 9.70. The average molecular weight is 407 g/mol. The fraction of sp³-hybridized carbons (Fsp3) is 0.519. The van der Waals surface area contributed by atoms with Gasteiger partial charge in [0.1, 0.15) is 5.75 Å². The van der Waals surface area contributed by atoms with Gasteiger partial charge in [-0.1, -0.05) is 43.3 Å². The van der Waals surface area contributed by atoms with Crippen molar-refractivity contribution in [1.29, 1.82) is 0 Å². The van der Waals surface area contributed by atoms with Crippen LogP contribution < -0.4 is 0 Å². The van der Waals surface area contributed by atoms with Crippen molar-refractivity contribution in [2.75, 3.05) is 0 Å². The van der Waals surface area contributed by atoms with Gasteiger partial charge in [-0.2, -0.15) is 0 Å². The molecule has 0 saturated heterocycles. The van der Waals surface area contributed by atoms with Crippen molar-refractivity contribution in [1.82, 2.24) is 0 Å². The Kier molecular flexibility index (Phi) is 4.95. The SMILES string of the molecule is CC[C@]12CCC3c4cc(CCc5ccccc5)c(O)cc4CCC3C1C[C@H](F)C2=O. The highest BCUT2D eigenvalue weighted by Crippen LogP contribution is 2.61. The van der Waals surface area contributed by atoms with Gasteiger partial charge in [-0.25, -0.2) is 4.39 Å². The lowest BCUT2D eigenvalue weighted by Crippen LogP contribution is -2.44. The fourth-order valence-electron chi connectivity index (χ4n) is 6.96. The van der Waals surface area contributed by atoms with Gasteiger partial charge in [0.2, 0.25) is 0 Å². The molecule has 0 aromatic heterocycles. The Morgan fingerprint density at radius 1 is 1.13 bits per heavy atom. The third-order valence-electron chi connectivity index (χ3n) is 8.52. The Morgan fingerprint density at radius 2 is 1.93 bits per heavy atom. The number of halogens is 1. The molecule has 3 aliphatic carbocycles. The predicted octanol–water partition coefficient (Wildman–Crippen LogP) is 5.94. The quantitative estimate of drug-likeness (QED) is 0.682. The third kappa shape index (κ3) is 3.01. The largest absolute Gasteiger partial charge is 0.508 e. The molecular formula is C27H31FO2. The van der Waals surface area contributed by atoms with Crippen molar-refractivity contribution in [3.05, 3.63) is 64.7 Å². The molecule has 0 amide bonds. The van der Waals surface area contributed by atoms with Gasteiger partial charge in [-0.05, 0) is 97.4 Å². The number of carbonyl (C=O) groups is 1. The Balaban J connectivity index is 1.44. The van der Waals surface area contributed by atoms with E-state index in [0.717, 1.165) is 50.5 Å². The number of carbonyl (C=O) groups excluding carboxylic acids is 1. The van der Waals surface area contributed by atoms with Crippen molar-refractivity contribution < 1.29 is 14.3 Å². The number of ketones is 1. The van der Waals surface area contributed by atoms with E-state index in [2.05, 4.69) is 37.3 Å². The highest BCUT2D eigenvalue weighted by molar-refractivity contribution is 5.91. The molecule has 1 N–H and O–H groups in total. The molecule has 0 spiro atoms. The zero-order valence-electron chi connectivity index (χ0n) is 17.7. The van der Waals surface area contributed by atoms with Crippen LogP contribution in [-0.2, 0) is 24.1 Å². The zero-order chi connectivity index (χ0) is 20.9. The highest BCUT2D eigenvalue weighted by Gasteiger charge is 2.60. The molecule has 3 aliphatic rings. The second kappa shape index (κ2) is 7.51. The number of fused-ring (bicyclic) bond motifs is 5. The minimum Gasteiger partial charge on any atom is -0.508 e. The maximum absolute atomic E-state index is 14.5. The van der Waals surface area contributed by atoms with E-state index >= 15 is 0 Å². The van der Waals surface area contributed by atoms with Crippen molar-refractivity contribution in [3.63, 3.8) is 0 Å². The van der Waals surface area contributed by atoms with E-state index in [1.807, 2.05) is 12.1 Å². The van der Waals surface area contributed by atoms with Gasteiger partial charge < -0.3 is 5.11 Å². The Morgan fingerprint density at radius 3 is 2.70 bits per heavy atom. The summed E-state index contributed by atoms with van der Waals surface area (Å²) in [6, 6.07) is 14.6. The molecule has 0 bridgehead atoms. The number of hydrogen-bond acceptors (Lipinski definition) is 2. The van der Waals surface area contributed by atoms with E-state index in [4.69, 9.17) is 0 Å². The first-order valence-electron chi connectivity index (χ1n) is 11.6. The van der Waals surface area contributed by atoms with Gasteiger partial charge >= 0.3 is 0 Å². The lowest BCUT2D eigenvalue weighted by Gasteiger charge is -2.49. The number of phenolic OH excluding ortho intramolecular Hbond substituents is 1. The summed E-state index contributed by atoms with van der Waals surface area (Å²) >= 11 is 0. The fourth-order valence-corrected chi connectivity index (χ4v) is 6.96. The molecule has 30 heavy (non-hydrogen) atoms. The molecular weight excluding hydrogens is 375 g/mol. The summed E-state index contributed by atoms with van der Waals surface area (Å²) in [6.45, 7) is 2.07. The summed E-state index contributed by atoms with van der Waals surface area (Å²) in [4.78, 5) is 12.7. The summed E-state index contributed by atoms with van der Waals surface area (Å²) in [6.07, 6.45) is 5.34. The van der Waals surface area contributed by atoms with E-state index < -0.39 is 11.6 Å². The van der Waals surface area contributed by atoms with Gasteiger partial charge in [-0.3, -0.25) is 4.79 Å². The maximum Gasteiger partial charge on any atom is 0.173 e. The molecule has 2 saturated carbocycles. The van der Waals surface area contributed by atoms with E-state index in [-0.39, 0.29) is 11.7 Å². The molecule has 3 heteroatoms. The number of aryl methyl sites for hydroxylation is 3. The van der Waals surface area contributed by atoms with E-state index in [1.165, 1.54) is 16.7 Å². The van der Waals surface area contributed by atoms with Gasteiger partial charge in [0.25, 0.3) is 0 Å². The monoisotopic (exact) mass is 406 g/mol. The van der Waals surface area contributed by atoms with Gasteiger partial charge in [-0.15, -0.1) is 0 Å². The van der Waals surface area contributed by atoms with Crippen molar-refractivity contribution >= 4 is 5.78 Å². The van der Waals surface area contributed by atoms with Crippen LogP contribution in [0.2, 0.25) is 0 Å². The van der Waals surface area contributed by atoms with Gasteiger partial charge in [0.05, 0.1) is 0 Å². The third-order valence-corrected chi connectivity index (χ3v) is 8.52. The van der Waals surface area contributed by atoms with E-state index in [0.29, 0.717) is 24.0 Å². The molecule has 5 rings (SSSR count). The van der Waals surface area contributed by atoms with Crippen LogP contribution in [0.3, 0.4) is 0 Å². The first-order valence-corrected chi connectivity index (χ1v) is 11.6. The first kappa shape index (κ1) is 19.8. The second-order valence-electron chi connectivity index (χ2n) is 9.70. The number of phenols is 1. The van der Waals surface area contributed by atoms with Crippen LogP contribution in [0.1, 0.15) is 67.2 Å². The molecule has 0 aliphatic heterocycles. The average Bonchev–Trinajstić information content (AvgIpc) is 3.03. The van der Waals surface area contributed by atoms with Crippen LogP contribution in [0.15, 0.2) is 42.5 Å². The molecule has 5 atom stereocenters. The van der Waals surface area contributed by atoms with Crippen molar-refractivity contribution in [2.45, 2.75) is 70.4 Å². The summed E-state index contributed by atoms with van der Waals surface area (Å²) in [7, 11) is 0. The molecule has 2 aromatic carbocycles. The minimum absolute atomic E-state index is 0.117. The highest BCUT2D eigenvalue weighted by atomic mass is 19.1. The predicted molar refractivity (Wildman–Crippen MR) is 116 cm³/mol. The van der Waals surface area contributed by atoms with Crippen molar-refractivity contribution in [3.8, 4) is 5.75 Å². The lowest BCUT2D eigenvalue weighted by molar-refractivity contribution is -0.134. The van der Waals surface area contributed by atoms with Crippen LogP contribution in [0.25, 0.3) is 0 Å². The Hall–Kier alpha value is -2.16. The number of Topliss-reactive ketones (excluding diaryl/α,β-unsaturated/α-hetero) is 1. The minimum atomic E-state index is -1.27. The van der Waals surface area contributed by atoms with E-state index in [9.17, 15) is 14.3 Å². The summed E-state index contributed by atoms with van der Waals surface area (Å²) in [5.41, 5.74) is 4.47. The normalized spacial score (nSPS) is 32.4. The van der Waals surface area contributed by atoms with Crippen LogP contribution in [-0.4, -0.2) is 17.1 Å². The summed E-state index contributed by atoms with van der Waals surface area (Å²) in [5, 5.41) is 10.6. The molecule has 2 fully saturated rings. The smallest absolute Gasteiger partial charge is 0.173 e. The zero-order valence-corrected chi connectivity index (χ0v) is 17.7.